The number of benzene rings is 2. The molecule has 0 aliphatic carbocycles. The number of piperidine rings is 1. The topological polar surface area (TPSA) is 88.2 Å². The van der Waals surface area contributed by atoms with Gasteiger partial charge in [-0.1, -0.05) is 6.07 Å². The molecular formula is C25H22F4N4O3S. The Balaban J connectivity index is 1.35. The summed E-state index contributed by atoms with van der Waals surface area (Å²) in [6.07, 6.45) is 0.105. The van der Waals surface area contributed by atoms with Crippen molar-refractivity contribution in [2.24, 2.45) is 0 Å². The van der Waals surface area contributed by atoms with Crippen LogP contribution in [0.4, 0.5) is 23.2 Å². The van der Waals surface area contributed by atoms with E-state index >= 15 is 0 Å². The molecule has 7 nitrogen and oxygen atoms in total. The molecule has 12 heteroatoms. The number of H-pyrrole nitrogens is 1. The maximum absolute atomic E-state index is 14.4. The summed E-state index contributed by atoms with van der Waals surface area (Å²) < 4.78 is 83.7. The Kier molecular flexibility index (Phi) is 6.30. The Labute approximate surface area is 210 Å². The summed E-state index contributed by atoms with van der Waals surface area (Å²) in [5, 5.41) is 6.32. The highest BCUT2D eigenvalue weighted by Gasteiger charge is 2.36. The van der Waals surface area contributed by atoms with Gasteiger partial charge in [-0.05, 0) is 42.0 Å². The Morgan fingerprint density at radius 3 is 2.51 bits per heavy atom. The van der Waals surface area contributed by atoms with E-state index in [1.807, 2.05) is 11.2 Å². The van der Waals surface area contributed by atoms with Crippen LogP contribution in [0, 0.1) is 5.82 Å². The molecule has 2 aromatic carbocycles. The van der Waals surface area contributed by atoms with Crippen LogP contribution in [0.15, 0.2) is 59.8 Å². The van der Waals surface area contributed by atoms with Crippen molar-refractivity contribution in [3.05, 3.63) is 66.4 Å². The summed E-state index contributed by atoms with van der Waals surface area (Å²) in [7, 11) is -3.53. The first-order valence-corrected chi connectivity index (χ1v) is 13.3. The second kappa shape index (κ2) is 9.33. The maximum Gasteiger partial charge on any atom is 0.433 e. The van der Waals surface area contributed by atoms with E-state index in [0.29, 0.717) is 42.4 Å². The van der Waals surface area contributed by atoms with Gasteiger partial charge in [-0.3, -0.25) is 10.1 Å². The van der Waals surface area contributed by atoms with Gasteiger partial charge in [-0.15, -0.1) is 0 Å². The highest BCUT2D eigenvalue weighted by molar-refractivity contribution is 7.90. The fraction of sp³-hybridized carbons (Fsp3) is 0.280. The number of rotatable bonds is 5. The van der Waals surface area contributed by atoms with Crippen molar-refractivity contribution in [2.75, 3.05) is 24.2 Å². The number of anilines is 1. The predicted molar refractivity (Wildman–Crippen MR) is 130 cm³/mol. The molecule has 0 radical (unpaired) electrons. The lowest BCUT2D eigenvalue weighted by molar-refractivity contribution is -0.140. The van der Waals surface area contributed by atoms with Gasteiger partial charge in [0, 0.05) is 55.0 Å². The number of sulfone groups is 1. The third kappa shape index (κ3) is 5.10. The molecular weight excluding hydrogens is 512 g/mol. The van der Waals surface area contributed by atoms with Crippen LogP contribution >= 0.6 is 0 Å². The summed E-state index contributed by atoms with van der Waals surface area (Å²) in [6, 6.07) is 10.3. The first kappa shape index (κ1) is 25.0. The Hall–Kier alpha value is -3.67. The van der Waals surface area contributed by atoms with Crippen molar-refractivity contribution in [2.45, 2.75) is 30.0 Å². The number of pyridine rings is 1. The molecule has 1 aliphatic rings. The minimum absolute atomic E-state index is 0.00886. The van der Waals surface area contributed by atoms with Crippen molar-refractivity contribution in [3.8, 4) is 16.9 Å². The van der Waals surface area contributed by atoms with Crippen LogP contribution in [-0.2, 0) is 16.0 Å². The van der Waals surface area contributed by atoms with Crippen molar-refractivity contribution in [3.63, 3.8) is 0 Å². The monoisotopic (exact) mass is 534 g/mol. The quantitative estimate of drug-likeness (QED) is 0.353. The number of halogens is 4. The number of fused-ring (bicyclic) bond motifs is 1. The molecule has 194 valence electrons. The molecule has 4 aromatic rings. The molecule has 5 rings (SSSR count). The normalized spacial score (nSPS) is 15.3. The highest BCUT2D eigenvalue weighted by Crippen LogP contribution is 2.38. The van der Waals surface area contributed by atoms with Gasteiger partial charge >= 0.3 is 6.18 Å². The van der Waals surface area contributed by atoms with E-state index < -0.39 is 27.5 Å². The lowest BCUT2D eigenvalue weighted by Gasteiger charge is -2.34. The highest BCUT2D eigenvalue weighted by atomic mass is 32.2. The van der Waals surface area contributed by atoms with Crippen LogP contribution in [0.3, 0.4) is 0 Å². The molecule has 1 aliphatic heterocycles. The second-order valence-electron chi connectivity index (χ2n) is 8.89. The Morgan fingerprint density at radius 2 is 1.84 bits per heavy atom. The van der Waals surface area contributed by atoms with Gasteiger partial charge in [0.2, 0.25) is 0 Å². The smallest absolute Gasteiger partial charge is 0.433 e. The predicted octanol–water partition coefficient (Wildman–Crippen LogP) is 5.23. The number of nitrogens with one attached hydrogen (secondary N) is 1. The number of ether oxygens (including phenoxy) is 1. The van der Waals surface area contributed by atoms with Gasteiger partial charge in [0.25, 0.3) is 0 Å². The second-order valence-corrected chi connectivity index (χ2v) is 10.9. The summed E-state index contributed by atoms with van der Waals surface area (Å²) in [5.74, 6) is -0.749. The molecule has 0 saturated carbocycles. The molecule has 0 unspecified atom stereocenters. The molecule has 3 heterocycles. The zero-order chi connectivity index (χ0) is 26.4. The summed E-state index contributed by atoms with van der Waals surface area (Å²) in [6.45, 7) is 1.13. The van der Waals surface area contributed by atoms with Crippen molar-refractivity contribution < 1.29 is 30.7 Å². The lowest BCUT2D eigenvalue weighted by atomic mass is 10.0. The molecule has 1 saturated heterocycles. The summed E-state index contributed by atoms with van der Waals surface area (Å²) in [5.41, 5.74) is 0.886. The van der Waals surface area contributed by atoms with Gasteiger partial charge in [0.1, 0.15) is 11.8 Å². The van der Waals surface area contributed by atoms with Crippen molar-refractivity contribution in [1.29, 1.82) is 0 Å². The first-order valence-electron chi connectivity index (χ1n) is 11.4. The summed E-state index contributed by atoms with van der Waals surface area (Å²) >= 11 is 0. The van der Waals surface area contributed by atoms with E-state index in [4.69, 9.17) is 4.74 Å². The van der Waals surface area contributed by atoms with Crippen LogP contribution in [0.5, 0.6) is 5.75 Å². The molecule has 0 atom stereocenters. The average molecular weight is 535 g/mol. The van der Waals surface area contributed by atoms with Crippen molar-refractivity contribution in [1.82, 2.24) is 15.2 Å². The van der Waals surface area contributed by atoms with E-state index in [0.717, 1.165) is 24.2 Å². The van der Waals surface area contributed by atoms with E-state index in [9.17, 15) is 26.0 Å². The number of aromatic amines is 1. The van der Waals surface area contributed by atoms with Crippen molar-refractivity contribution >= 4 is 26.4 Å². The number of nitrogens with zero attached hydrogens (tertiary/aromatic N) is 3. The zero-order valence-electron chi connectivity index (χ0n) is 19.6. The van der Waals surface area contributed by atoms with Gasteiger partial charge in [-0.2, -0.15) is 18.3 Å². The Morgan fingerprint density at radius 1 is 1.08 bits per heavy atom. The Bertz CT molecular complexity index is 1560. The number of hydrogen-bond donors (Lipinski definition) is 1. The van der Waals surface area contributed by atoms with E-state index in [-0.39, 0.29) is 22.3 Å². The minimum Gasteiger partial charge on any atom is -0.487 e. The van der Waals surface area contributed by atoms with Gasteiger partial charge in [0.05, 0.1) is 16.6 Å². The third-order valence-electron chi connectivity index (χ3n) is 6.36. The minimum atomic E-state index is -4.56. The number of alkyl halides is 3. The molecule has 0 spiro atoms. The standard InChI is InChI=1S/C25H22F4N4O3S/c1-37(34,35)17-3-5-23(20(26)13-17)36-16-7-10-33(11-8-16)22-6-9-30-21-4-2-15(12-18(21)22)19-14-31-32-24(19)25(27,28)29/h2-6,9,12-14,16H,7-8,10-11H2,1H3,(H,31,32). The molecule has 37 heavy (non-hydrogen) atoms. The van der Waals surface area contributed by atoms with Crippen LogP contribution in [-0.4, -0.2) is 49.0 Å². The first-order chi connectivity index (χ1) is 17.5. The fourth-order valence-corrected chi connectivity index (χ4v) is 5.13. The lowest BCUT2D eigenvalue weighted by Crippen LogP contribution is -2.38. The largest absolute Gasteiger partial charge is 0.487 e. The SMILES string of the molecule is CS(=O)(=O)c1ccc(OC2CCN(c3ccnc4ccc(-c5cn[nH]c5C(F)(F)F)cc34)CC2)c(F)c1. The maximum atomic E-state index is 14.4. The summed E-state index contributed by atoms with van der Waals surface area (Å²) in [4.78, 5) is 6.33. The van der Waals surface area contributed by atoms with Crippen LogP contribution in [0.25, 0.3) is 22.0 Å². The fourth-order valence-electron chi connectivity index (χ4n) is 4.50. The molecule has 1 fully saturated rings. The van der Waals surface area contributed by atoms with E-state index in [1.54, 1.807) is 24.4 Å². The molecule has 2 aromatic heterocycles. The molecule has 0 amide bonds. The molecule has 0 bridgehead atoms. The van der Waals surface area contributed by atoms with Gasteiger partial charge in [-0.25, -0.2) is 12.8 Å². The third-order valence-corrected chi connectivity index (χ3v) is 7.47. The van der Waals surface area contributed by atoms with Gasteiger partial charge < -0.3 is 9.64 Å². The number of hydrogen-bond acceptors (Lipinski definition) is 6. The average Bonchev–Trinajstić information content (AvgIpc) is 3.35. The molecule has 1 N–H and O–H groups in total. The zero-order valence-corrected chi connectivity index (χ0v) is 20.4. The van der Waals surface area contributed by atoms with Crippen LogP contribution in [0.2, 0.25) is 0 Å². The van der Waals surface area contributed by atoms with E-state index in [2.05, 4.69) is 15.0 Å². The van der Waals surface area contributed by atoms with Crippen LogP contribution < -0.4 is 9.64 Å². The van der Waals surface area contributed by atoms with Gasteiger partial charge in [0.15, 0.2) is 21.4 Å². The number of aromatic nitrogens is 3. The van der Waals surface area contributed by atoms with Crippen LogP contribution in [0.1, 0.15) is 18.5 Å². The van der Waals surface area contributed by atoms with E-state index in [1.165, 1.54) is 12.1 Å².